The average Bonchev–Trinajstić information content (AvgIpc) is 3.19. The van der Waals surface area contributed by atoms with Crippen molar-refractivity contribution in [2.45, 2.75) is 31.6 Å². The molecule has 0 spiro atoms. The van der Waals surface area contributed by atoms with Crippen molar-refractivity contribution >= 4 is 33.3 Å². The molecule has 0 aliphatic carbocycles. The van der Waals surface area contributed by atoms with Crippen LogP contribution in [0.4, 0.5) is 0 Å². The van der Waals surface area contributed by atoms with Crippen molar-refractivity contribution in [3.63, 3.8) is 0 Å². The highest BCUT2D eigenvalue weighted by Crippen LogP contribution is 2.36. The molecule has 0 N–H and O–H groups in total. The van der Waals surface area contributed by atoms with Crippen LogP contribution in [-0.2, 0) is 5.75 Å². The van der Waals surface area contributed by atoms with Gasteiger partial charge in [0.1, 0.15) is 21.9 Å². The summed E-state index contributed by atoms with van der Waals surface area (Å²) in [4.78, 5) is 16.2. The first-order valence-electron chi connectivity index (χ1n) is 7.99. The molecule has 0 saturated heterocycles. The van der Waals surface area contributed by atoms with E-state index in [0.717, 1.165) is 32.7 Å². The number of nitrogens with zero attached hydrogens (tertiary/aromatic N) is 3. The van der Waals surface area contributed by atoms with E-state index in [9.17, 15) is 0 Å². The monoisotopic (exact) mass is 367 g/mol. The van der Waals surface area contributed by atoms with Crippen LogP contribution in [0.5, 0.6) is 0 Å². The molecule has 6 heteroatoms. The standard InChI is InChI=1S/C19H17N3OS2/c1-11-12(2)25-19-16(11)18(20-13(3)21-19)24-10-15-9-23-17(22-15)14-7-5-4-6-8-14/h4-9H,10H2,1-3H3. The van der Waals surface area contributed by atoms with Gasteiger partial charge in [-0.1, -0.05) is 30.0 Å². The van der Waals surface area contributed by atoms with E-state index in [2.05, 4.69) is 28.8 Å². The minimum atomic E-state index is 0.655. The van der Waals surface area contributed by atoms with Crippen LogP contribution < -0.4 is 0 Å². The highest BCUT2D eigenvalue weighted by atomic mass is 32.2. The minimum Gasteiger partial charge on any atom is -0.444 e. The fourth-order valence-electron chi connectivity index (χ4n) is 2.65. The number of hydrogen-bond acceptors (Lipinski definition) is 6. The highest BCUT2D eigenvalue weighted by Gasteiger charge is 2.15. The van der Waals surface area contributed by atoms with E-state index in [4.69, 9.17) is 4.42 Å². The molecule has 3 aromatic heterocycles. The van der Waals surface area contributed by atoms with Crippen LogP contribution in [0, 0.1) is 20.8 Å². The number of rotatable bonds is 4. The van der Waals surface area contributed by atoms with Crippen LogP contribution in [-0.4, -0.2) is 15.0 Å². The molecule has 0 aliphatic heterocycles. The second kappa shape index (κ2) is 6.61. The number of thiophene rings is 1. The molecule has 0 saturated carbocycles. The Morgan fingerprint density at radius 3 is 2.64 bits per heavy atom. The zero-order chi connectivity index (χ0) is 17.4. The number of benzene rings is 1. The van der Waals surface area contributed by atoms with Crippen LogP contribution in [0.1, 0.15) is 22.0 Å². The number of thioether (sulfide) groups is 1. The van der Waals surface area contributed by atoms with Crippen molar-refractivity contribution in [1.82, 2.24) is 15.0 Å². The topological polar surface area (TPSA) is 51.8 Å². The number of aryl methyl sites for hydroxylation is 3. The Morgan fingerprint density at radius 1 is 1.04 bits per heavy atom. The molecule has 3 heterocycles. The van der Waals surface area contributed by atoms with Crippen molar-refractivity contribution in [2.24, 2.45) is 0 Å². The van der Waals surface area contributed by atoms with Crippen molar-refractivity contribution in [3.8, 4) is 11.5 Å². The fraction of sp³-hybridized carbons (Fsp3) is 0.211. The molecule has 25 heavy (non-hydrogen) atoms. The van der Waals surface area contributed by atoms with Crippen molar-refractivity contribution in [1.29, 1.82) is 0 Å². The summed E-state index contributed by atoms with van der Waals surface area (Å²) in [6, 6.07) is 9.94. The molecule has 4 rings (SSSR count). The normalized spacial score (nSPS) is 11.3. The number of hydrogen-bond donors (Lipinski definition) is 0. The van der Waals surface area contributed by atoms with Gasteiger partial charge in [-0.2, -0.15) is 0 Å². The van der Waals surface area contributed by atoms with Crippen LogP contribution in [0.25, 0.3) is 21.7 Å². The molecule has 0 amide bonds. The Labute approximate surface area is 154 Å². The maximum Gasteiger partial charge on any atom is 0.226 e. The molecule has 0 bridgehead atoms. The van der Waals surface area contributed by atoms with Gasteiger partial charge in [0.25, 0.3) is 0 Å². The van der Waals surface area contributed by atoms with Gasteiger partial charge in [-0.25, -0.2) is 15.0 Å². The van der Waals surface area contributed by atoms with Gasteiger partial charge < -0.3 is 4.42 Å². The van der Waals surface area contributed by atoms with Gasteiger partial charge >= 0.3 is 0 Å². The summed E-state index contributed by atoms with van der Waals surface area (Å²) in [5.74, 6) is 2.18. The first kappa shape index (κ1) is 16.3. The summed E-state index contributed by atoms with van der Waals surface area (Å²) in [5.41, 5.74) is 3.17. The fourth-order valence-corrected chi connectivity index (χ4v) is 4.80. The molecule has 0 unspecified atom stereocenters. The molecule has 1 aromatic carbocycles. The first-order chi connectivity index (χ1) is 12.1. The van der Waals surface area contributed by atoms with E-state index in [1.807, 2.05) is 37.3 Å². The van der Waals surface area contributed by atoms with Crippen molar-refractivity contribution in [3.05, 3.63) is 58.6 Å². The van der Waals surface area contributed by atoms with Crippen LogP contribution in [0.15, 0.2) is 46.0 Å². The van der Waals surface area contributed by atoms with Gasteiger partial charge in [0, 0.05) is 21.6 Å². The lowest BCUT2D eigenvalue weighted by Gasteiger charge is -2.03. The van der Waals surface area contributed by atoms with Crippen LogP contribution in [0.3, 0.4) is 0 Å². The summed E-state index contributed by atoms with van der Waals surface area (Å²) < 4.78 is 5.62. The van der Waals surface area contributed by atoms with Crippen molar-refractivity contribution in [2.75, 3.05) is 0 Å². The summed E-state index contributed by atoms with van der Waals surface area (Å²) in [6.45, 7) is 6.22. The van der Waals surface area contributed by atoms with E-state index < -0.39 is 0 Å². The Balaban J connectivity index is 1.60. The molecule has 4 nitrogen and oxygen atoms in total. The van der Waals surface area contributed by atoms with Gasteiger partial charge in [-0.3, -0.25) is 0 Å². The van der Waals surface area contributed by atoms with Crippen LogP contribution >= 0.6 is 23.1 Å². The van der Waals surface area contributed by atoms with Crippen molar-refractivity contribution < 1.29 is 4.42 Å². The molecular formula is C19H17N3OS2. The summed E-state index contributed by atoms with van der Waals surface area (Å²) in [5, 5.41) is 2.19. The van der Waals surface area contributed by atoms with Gasteiger partial charge in [-0.15, -0.1) is 11.3 Å². The lowest BCUT2D eigenvalue weighted by Crippen LogP contribution is -1.92. The molecule has 4 aromatic rings. The van der Waals surface area contributed by atoms with E-state index in [-0.39, 0.29) is 0 Å². The molecule has 0 aliphatic rings. The Bertz CT molecular complexity index is 1040. The lowest BCUT2D eigenvalue weighted by molar-refractivity contribution is 0.573. The second-order valence-corrected chi connectivity index (χ2v) is 8.01. The predicted octanol–water partition coefficient (Wildman–Crippen LogP) is 5.56. The third-order valence-electron chi connectivity index (χ3n) is 4.04. The van der Waals surface area contributed by atoms with Gasteiger partial charge in [0.2, 0.25) is 5.89 Å². The lowest BCUT2D eigenvalue weighted by atomic mass is 10.2. The summed E-state index contributed by atoms with van der Waals surface area (Å²) in [6.07, 6.45) is 1.73. The number of oxazole rings is 1. The third kappa shape index (κ3) is 3.19. The molecule has 126 valence electrons. The smallest absolute Gasteiger partial charge is 0.226 e. The van der Waals surface area contributed by atoms with E-state index in [1.54, 1.807) is 29.4 Å². The Hall–Kier alpha value is -2.18. The number of fused-ring (bicyclic) bond motifs is 1. The van der Waals surface area contributed by atoms with Gasteiger partial charge in [0.05, 0.1) is 5.69 Å². The third-order valence-corrected chi connectivity index (χ3v) is 6.15. The van der Waals surface area contributed by atoms with Crippen LogP contribution in [0.2, 0.25) is 0 Å². The average molecular weight is 367 g/mol. The molecule has 0 atom stereocenters. The summed E-state index contributed by atoms with van der Waals surface area (Å²) in [7, 11) is 0. The largest absolute Gasteiger partial charge is 0.444 e. The SMILES string of the molecule is Cc1nc(SCc2coc(-c3ccccc3)n2)c2c(C)c(C)sc2n1. The molecular weight excluding hydrogens is 350 g/mol. The van der Waals surface area contributed by atoms with E-state index in [1.165, 1.54) is 15.8 Å². The Kier molecular flexibility index (Phi) is 4.31. The quantitative estimate of drug-likeness (QED) is 0.349. The highest BCUT2D eigenvalue weighted by molar-refractivity contribution is 7.98. The second-order valence-electron chi connectivity index (χ2n) is 5.84. The molecule has 0 radical (unpaired) electrons. The molecule has 0 fully saturated rings. The summed E-state index contributed by atoms with van der Waals surface area (Å²) >= 11 is 3.42. The zero-order valence-electron chi connectivity index (χ0n) is 14.2. The predicted molar refractivity (Wildman–Crippen MR) is 103 cm³/mol. The minimum absolute atomic E-state index is 0.655. The number of aromatic nitrogens is 3. The van der Waals surface area contributed by atoms with Gasteiger partial charge in [-0.05, 0) is 38.5 Å². The van der Waals surface area contributed by atoms with E-state index in [0.29, 0.717) is 5.89 Å². The Morgan fingerprint density at radius 2 is 1.84 bits per heavy atom. The zero-order valence-corrected chi connectivity index (χ0v) is 15.9. The van der Waals surface area contributed by atoms with Gasteiger partial charge in [0.15, 0.2) is 0 Å². The maximum atomic E-state index is 5.62. The van der Waals surface area contributed by atoms with E-state index >= 15 is 0 Å². The maximum absolute atomic E-state index is 5.62. The first-order valence-corrected chi connectivity index (χ1v) is 9.79.